The first kappa shape index (κ1) is 13.4. The van der Waals surface area contributed by atoms with Crippen molar-refractivity contribution in [2.45, 2.75) is 37.8 Å². The van der Waals surface area contributed by atoms with Crippen LogP contribution in [0.25, 0.3) is 0 Å². The van der Waals surface area contributed by atoms with Crippen LogP contribution in [0.1, 0.15) is 24.8 Å². The van der Waals surface area contributed by atoms with E-state index >= 15 is 0 Å². The molecule has 0 aliphatic carbocycles. The molecule has 2 atom stereocenters. The maximum Gasteiger partial charge on any atom is 0.201 e. The van der Waals surface area contributed by atoms with E-state index in [2.05, 4.69) is 11.4 Å². The fourth-order valence-corrected chi connectivity index (χ4v) is 2.92. The van der Waals surface area contributed by atoms with Gasteiger partial charge < -0.3 is 14.8 Å². The Morgan fingerprint density at radius 3 is 3.05 bits per heavy atom. The van der Waals surface area contributed by atoms with Crippen LogP contribution in [0.3, 0.4) is 0 Å². The third-order valence-electron chi connectivity index (χ3n) is 3.99. The molecule has 1 fully saturated rings. The molecule has 1 aromatic carbocycles. The van der Waals surface area contributed by atoms with E-state index in [0.717, 1.165) is 31.0 Å². The van der Waals surface area contributed by atoms with E-state index in [1.54, 1.807) is 7.11 Å². The molecule has 0 aromatic heterocycles. The van der Waals surface area contributed by atoms with E-state index in [4.69, 9.17) is 14.5 Å². The Kier molecular flexibility index (Phi) is 4.21. The minimum absolute atomic E-state index is 0.213. The average Bonchev–Trinajstić information content (AvgIpc) is 2.97. The van der Waals surface area contributed by atoms with Crippen LogP contribution < -0.4 is 10.1 Å². The summed E-state index contributed by atoms with van der Waals surface area (Å²) in [6.45, 7) is 1.76. The van der Waals surface area contributed by atoms with Gasteiger partial charge in [0.05, 0.1) is 19.2 Å². The second-order valence-corrected chi connectivity index (χ2v) is 5.45. The van der Waals surface area contributed by atoms with Crippen LogP contribution >= 0.6 is 0 Å². The van der Waals surface area contributed by atoms with Crippen molar-refractivity contribution in [3.8, 4) is 5.75 Å². The number of nitrogens with one attached hydrogen (secondary N) is 1. The highest BCUT2D eigenvalue weighted by molar-refractivity contribution is 5.83. The monoisotopic (exact) mass is 274 g/mol. The van der Waals surface area contributed by atoms with Crippen LogP contribution in [0.15, 0.2) is 29.3 Å². The number of hydrogen-bond donors (Lipinski definition) is 1. The van der Waals surface area contributed by atoms with Crippen molar-refractivity contribution in [3.05, 3.63) is 29.8 Å². The van der Waals surface area contributed by atoms with Gasteiger partial charge in [0.25, 0.3) is 0 Å². The van der Waals surface area contributed by atoms with Gasteiger partial charge in [0.1, 0.15) is 12.4 Å². The quantitative estimate of drug-likeness (QED) is 0.915. The SMILES string of the molecule is COc1ccccc1CC1COC(C2CCCCN2)=N1. The molecule has 0 spiro atoms. The molecule has 0 bridgehead atoms. The van der Waals surface area contributed by atoms with Gasteiger partial charge in [0, 0.05) is 6.42 Å². The number of hydrogen-bond acceptors (Lipinski definition) is 4. The topological polar surface area (TPSA) is 42.9 Å². The molecule has 4 heteroatoms. The zero-order valence-corrected chi connectivity index (χ0v) is 12.0. The lowest BCUT2D eigenvalue weighted by molar-refractivity contribution is 0.290. The predicted molar refractivity (Wildman–Crippen MR) is 79.5 cm³/mol. The molecule has 1 saturated heterocycles. The number of aliphatic imine (C=N–C) groups is 1. The lowest BCUT2D eigenvalue weighted by Crippen LogP contribution is -2.40. The summed E-state index contributed by atoms with van der Waals surface area (Å²) in [5, 5.41) is 3.49. The van der Waals surface area contributed by atoms with E-state index in [1.807, 2.05) is 18.2 Å². The minimum Gasteiger partial charge on any atom is -0.496 e. The second-order valence-electron chi connectivity index (χ2n) is 5.45. The zero-order valence-electron chi connectivity index (χ0n) is 12.0. The molecule has 1 N–H and O–H groups in total. The van der Waals surface area contributed by atoms with Crippen LogP contribution in [0, 0.1) is 0 Å². The van der Waals surface area contributed by atoms with Crippen LogP contribution in [0.4, 0.5) is 0 Å². The summed E-state index contributed by atoms with van der Waals surface area (Å²) in [5.41, 5.74) is 1.20. The van der Waals surface area contributed by atoms with E-state index < -0.39 is 0 Å². The first-order valence-electron chi connectivity index (χ1n) is 7.42. The highest BCUT2D eigenvalue weighted by atomic mass is 16.5. The van der Waals surface area contributed by atoms with E-state index in [-0.39, 0.29) is 6.04 Å². The minimum atomic E-state index is 0.213. The number of piperidine rings is 1. The van der Waals surface area contributed by atoms with Crippen molar-refractivity contribution in [1.29, 1.82) is 0 Å². The fraction of sp³-hybridized carbons (Fsp3) is 0.562. The van der Waals surface area contributed by atoms with Crippen molar-refractivity contribution in [2.24, 2.45) is 4.99 Å². The highest BCUT2D eigenvalue weighted by Crippen LogP contribution is 2.22. The summed E-state index contributed by atoms with van der Waals surface area (Å²) >= 11 is 0. The molecule has 0 radical (unpaired) electrons. The Bertz CT molecular complexity index is 481. The maximum absolute atomic E-state index is 5.80. The van der Waals surface area contributed by atoms with Crippen LogP contribution in [-0.2, 0) is 11.2 Å². The van der Waals surface area contributed by atoms with Crippen LogP contribution in [-0.4, -0.2) is 38.2 Å². The highest BCUT2D eigenvalue weighted by Gasteiger charge is 2.27. The van der Waals surface area contributed by atoms with Gasteiger partial charge in [-0.1, -0.05) is 24.6 Å². The molecule has 0 amide bonds. The van der Waals surface area contributed by atoms with Gasteiger partial charge in [-0.3, -0.25) is 0 Å². The molecular weight excluding hydrogens is 252 g/mol. The largest absolute Gasteiger partial charge is 0.496 e. The van der Waals surface area contributed by atoms with Crippen LogP contribution in [0.2, 0.25) is 0 Å². The molecule has 0 saturated carbocycles. The molecule has 20 heavy (non-hydrogen) atoms. The van der Waals surface area contributed by atoms with Crippen molar-refractivity contribution >= 4 is 5.90 Å². The Morgan fingerprint density at radius 2 is 2.25 bits per heavy atom. The Balaban J connectivity index is 1.65. The number of methoxy groups -OCH3 is 1. The normalized spacial score (nSPS) is 25.9. The standard InChI is InChI=1S/C16H22N2O2/c1-19-15-8-3-2-6-12(15)10-13-11-20-16(18-13)14-7-4-5-9-17-14/h2-3,6,8,13-14,17H,4-5,7,9-11H2,1H3. The van der Waals surface area contributed by atoms with E-state index in [0.29, 0.717) is 12.6 Å². The Hall–Kier alpha value is -1.55. The van der Waals surface area contributed by atoms with Gasteiger partial charge in [-0.15, -0.1) is 0 Å². The Morgan fingerprint density at radius 1 is 1.35 bits per heavy atom. The third kappa shape index (κ3) is 2.96. The van der Waals surface area contributed by atoms with E-state index in [9.17, 15) is 0 Å². The second kappa shape index (κ2) is 6.27. The third-order valence-corrected chi connectivity index (χ3v) is 3.99. The maximum atomic E-state index is 5.80. The summed E-state index contributed by atoms with van der Waals surface area (Å²) in [6.07, 6.45) is 4.53. The smallest absolute Gasteiger partial charge is 0.201 e. The van der Waals surface area contributed by atoms with Crippen LogP contribution in [0.5, 0.6) is 5.75 Å². The first-order chi connectivity index (χ1) is 9.86. The van der Waals surface area contributed by atoms with E-state index in [1.165, 1.54) is 18.4 Å². The molecule has 2 heterocycles. The lowest BCUT2D eigenvalue weighted by Gasteiger charge is -2.22. The van der Waals surface area contributed by atoms with Crippen molar-refractivity contribution in [1.82, 2.24) is 5.32 Å². The molecule has 108 valence electrons. The molecule has 3 rings (SSSR count). The number of para-hydroxylation sites is 1. The summed E-state index contributed by atoms with van der Waals surface area (Å²) in [5.74, 6) is 1.84. The van der Waals surface area contributed by atoms with Gasteiger partial charge in [-0.05, 0) is 31.0 Å². The molecule has 1 aromatic rings. The van der Waals surface area contributed by atoms with Gasteiger partial charge in [0.2, 0.25) is 5.90 Å². The number of ether oxygens (including phenoxy) is 2. The summed E-state index contributed by atoms with van der Waals surface area (Å²) in [7, 11) is 1.71. The fourth-order valence-electron chi connectivity index (χ4n) is 2.92. The predicted octanol–water partition coefficient (Wildman–Crippen LogP) is 2.18. The lowest BCUT2D eigenvalue weighted by atomic mass is 10.0. The summed E-state index contributed by atoms with van der Waals surface area (Å²) in [6, 6.07) is 8.68. The molecular formula is C16H22N2O2. The molecule has 4 nitrogen and oxygen atoms in total. The summed E-state index contributed by atoms with van der Waals surface area (Å²) < 4.78 is 11.2. The average molecular weight is 274 g/mol. The molecule has 2 aliphatic rings. The number of benzene rings is 1. The van der Waals surface area contributed by atoms with Gasteiger partial charge in [-0.25, -0.2) is 4.99 Å². The van der Waals surface area contributed by atoms with Crippen molar-refractivity contribution in [3.63, 3.8) is 0 Å². The van der Waals surface area contributed by atoms with Gasteiger partial charge in [0.15, 0.2) is 0 Å². The van der Waals surface area contributed by atoms with Gasteiger partial charge >= 0.3 is 0 Å². The molecule has 2 aliphatic heterocycles. The zero-order chi connectivity index (χ0) is 13.8. The number of nitrogens with zero attached hydrogens (tertiary/aromatic N) is 1. The summed E-state index contributed by atoms with van der Waals surface area (Å²) in [4.78, 5) is 4.76. The Labute approximate surface area is 120 Å². The first-order valence-corrected chi connectivity index (χ1v) is 7.42. The van der Waals surface area contributed by atoms with Crippen molar-refractivity contribution < 1.29 is 9.47 Å². The van der Waals surface area contributed by atoms with Crippen molar-refractivity contribution in [2.75, 3.05) is 20.3 Å². The number of rotatable bonds is 4. The molecule has 2 unspecified atom stereocenters. The van der Waals surface area contributed by atoms with Gasteiger partial charge in [-0.2, -0.15) is 0 Å².